The standard InChI is InChI=1S/C15H26BrN3O/c1-3-11-14(16)12(19(4-2)18-11)9-15(10-17)8-6-5-7-13(15)20/h13,20H,3-10,17H2,1-2H3. The van der Waals surface area contributed by atoms with Gasteiger partial charge in [0.05, 0.1) is 22.0 Å². The van der Waals surface area contributed by atoms with Gasteiger partial charge in [0.15, 0.2) is 0 Å². The quantitative estimate of drug-likeness (QED) is 0.863. The Balaban J connectivity index is 2.33. The molecule has 3 N–H and O–H groups in total. The molecule has 5 heteroatoms. The van der Waals surface area contributed by atoms with Crippen LogP contribution >= 0.6 is 15.9 Å². The van der Waals surface area contributed by atoms with Crippen molar-refractivity contribution in [3.63, 3.8) is 0 Å². The van der Waals surface area contributed by atoms with Crippen molar-refractivity contribution in [3.8, 4) is 0 Å². The normalized spacial score (nSPS) is 26.9. The topological polar surface area (TPSA) is 64.1 Å². The fraction of sp³-hybridized carbons (Fsp3) is 0.800. The second kappa shape index (κ2) is 6.58. The van der Waals surface area contributed by atoms with E-state index in [1.807, 2.05) is 0 Å². The largest absolute Gasteiger partial charge is 0.392 e. The van der Waals surface area contributed by atoms with E-state index >= 15 is 0 Å². The maximum Gasteiger partial charge on any atom is 0.0766 e. The van der Waals surface area contributed by atoms with Crippen molar-refractivity contribution in [1.29, 1.82) is 0 Å². The molecule has 0 saturated heterocycles. The van der Waals surface area contributed by atoms with Gasteiger partial charge in [0, 0.05) is 18.5 Å². The summed E-state index contributed by atoms with van der Waals surface area (Å²) in [5, 5.41) is 15.1. The van der Waals surface area contributed by atoms with Crippen LogP contribution in [-0.4, -0.2) is 27.5 Å². The van der Waals surface area contributed by atoms with Crippen LogP contribution in [0.4, 0.5) is 0 Å². The predicted molar refractivity (Wildman–Crippen MR) is 84.6 cm³/mol. The lowest BCUT2D eigenvalue weighted by atomic mass is 9.69. The number of aromatic nitrogens is 2. The van der Waals surface area contributed by atoms with E-state index in [2.05, 4.69) is 39.6 Å². The molecule has 0 radical (unpaired) electrons. The van der Waals surface area contributed by atoms with Gasteiger partial charge in [-0.1, -0.05) is 19.8 Å². The van der Waals surface area contributed by atoms with E-state index in [1.54, 1.807) is 0 Å². The Morgan fingerprint density at radius 2 is 2.20 bits per heavy atom. The van der Waals surface area contributed by atoms with Crippen LogP contribution in [0.1, 0.15) is 50.9 Å². The van der Waals surface area contributed by atoms with Gasteiger partial charge in [0.25, 0.3) is 0 Å². The number of nitrogens with two attached hydrogens (primary N) is 1. The molecule has 1 saturated carbocycles. The highest BCUT2D eigenvalue weighted by molar-refractivity contribution is 9.10. The number of halogens is 1. The van der Waals surface area contributed by atoms with Crippen molar-refractivity contribution in [2.24, 2.45) is 11.1 Å². The summed E-state index contributed by atoms with van der Waals surface area (Å²) >= 11 is 3.70. The van der Waals surface area contributed by atoms with Crippen molar-refractivity contribution >= 4 is 15.9 Å². The zero-order chi connectivity index (χ0) is 14.8. The van der Waals surface area contributed by atoms with Crippen molar-refractivity contribution in [2.45, 2.75) is 65.0 Å². The summed E-state index contributed by atoms with van der Waals surface area (Å²) in [4.78, 5) is 0. The van der Waals surface area contributed by atoms with E-state index in [9.17, 15) is 5.11 Å². The van der Waals surface area contributed by atoms with Gasteiger partial charge in [-0.3, -0.25) is 4.68 Å². The van der Waals surface area contributed by atoms with Gasteiger partial charge in [0.1, 0.15) is 0 Å². The van der Waals surface area contributed by atoms with Gasteiger partial charge in [-0.05, 0) is 48.5 Å². The molecule has 1 aliphatic rings. The molecule has 1 aromatic heterocycles. The molecule has 4 nitrogen and oxygen atoms in total. The smallest absolute Gasteiger partial charge is 0.0766 e. The third kappa shape index (κ3) is 2.81. The first-order chi connectivity index (χ1) is 9.57. The van der Waals surface area contributed by atoms with E-state index in [4.69, 9.17) is 5.73 Å². The highest BCUT2D eigenvalue weighted by Crippen LogP contribution is 2.40. The Labute approximate surface area is 129 Å². The molecule has 2 unspecified atom stereocenters. The number of hydrogen-bond donors (Lipinski definition) is 2. The van der Waals surface area contributed by atoms with Crippen molar-refractivity contribution in [2.75, 3.05) is 6.54 Å². The summed E-state index contributed by atoms with van der Waals surface area (Å²) in [6.07, 6.45) is 5.58. The van der Waals surface area contributed by atoms with Gasteiger partial charge < -0.3 is 10.8 Å². The van der Waals surface area contributed by atoms with Gasteiger partial charge in [-0.2, -0.15) is 5.10 Å². The van der Waals surface area contributed by atoms with E-state index in [0.29, 0.717) is 6.54 Å². The van der Waals surface area contributed by atoms with E-state index in [1.165, 1.54) is 5.69 Å². The molecule has 1 fully saturated rings. The number of hydrogen-bond acceptors (Lipinski definition) is 3. The Kier molecular flexibility index (Phi) is 5.26. The second-order valence-corrected chi connectivity index (χ2v) is 6.67. The molecule has 114 valence electrons. The molecule has 2 rings (SSSR count). The average Bonchev–Trinajstić information content (AvgIpc) is 2.77. The van der Waals surface area contributed by atoms with Crippen LogP contribution in [0.2, 0.25) is 0 Å². The Morgan fingerprint density at radius 3 is 2.75 bits per heavy atom. The lowest BCUT2D eigenvalue weighted by Crippen LogP contribution is -2.46. The molecule has 1 aliphatic carbocycles. The number of rotatable bonds is 5. The lowest BCUT2D eigenvalue weighted by Gasteiger charge is -2.41. The monoisotopic (exact) mass is 343 g/mol. The Morgan fingerprint density at radius 1 is 1.45 bits per heavy atom. The minimum absolute atomic E-state index is 0.182. The fourth-order valence-electron chi connectivity index (χ4n) is 3.32. The summed E-state index contributed by atoms with van der Waals surface area (Å²) in [6.45, 7) is 5.61. The minimum Gasteiger partial charge on any atom is -0.392 e. The minimum atomic E-state index is -0.293. The first kappa shape index (κ1) is 16.0. The molecule has 0 aliphatic heterocycles. The molecule has 1 aromatic rings. The molecule has 1 heterocycles. The van der Waals surface area contributed by atoms with Gasteiger partial charge in [0.2, 0.25) is 0 Å². The van der Waals surface area contributed by atoms with E-state index in [0.717, 1.165) is 55.2 Å². The molecular weight excluding hydrogens is 318 g/mol. The van der Waals surface area contributed by atoms with Crippen molar-refractivity contribution in [1.82, 2.24) is 9.78 Å². The molecule has 0 aromatic carbocycles. The van der Waals surface area contributed by atoms with Crippen LogP contribution in [0.5, 0.6) is 0 Å². The predicted octanol–water partition coefficient (Wildman–Crippen LogP) is 2.65. The summed E-state index contributed by atoms with van der Waals surface area (Å²) in [7, 11) is 0. The van der Waals surface area contributed by atoms with Crippen molar-refractivity contribution < 1.29 is 5.11 Å². The lowest BCUT2D eigenvalue weighted by molar-refractivity contribution is -0.00716. The third-order valence-electron chi connectivity index (χ3n) is 4.73. The summed E-state index contributed by atoms with van der Waals surface area (Å²) in [5.74, 6) is 0. The summed E-state index contributed by atoms with van der Waals surface area (Å²) < 4.78 is 3.16. The molecule has 0 amide bonds. The van der Waals surface area contributed by atoms with Crippen LogP contribution in [0.3, 0.4) is 0 Å². The highest BCUT2D eigenvalue weighted by atomic mass is 79.9. The SMILES string of the molecule is CCc1nn(CC)c(CC2(CN)CCCCC2O)c1Br. The Bertz CT molecular complexity index is 460. The highest BCUT2D eigenvalue weighted by Gasteiger charge is 2.40. The summed E-state index contributed by atoms with van der Waals surface area (Å²) in [6, 6.07) is 0. The van der Waals surface area contributed by atoms with Gasteiger partial charge in [-0.25, -0.2) is 0 Å². The molecule has 0 spiro atoms. The van der Waals surface area contributed by atoms with E-state index < -0.39 is 0 Å². The first-order valence-electron chi connectivity index (χ1n) is 7.70. The molecule has 20 heavy (non-hydrogen) atoms. The van der Waals surface area contributed by atoms with Crippen LogP contribution in [0.15, 0.2) is 4.47 Å². The van der Waals surface area contributed by atoms with Gasteiger partial charge in [-0.15, -0.1) is 0 Å². The maximum atomic E-state index is 10.5. The fourth-order valence-corrected chi connectivity index (χ4v) is 4.03. The average molecular weight is 344 g/mol. The first-order valence-corrected chi connectivity index (χ1v) is 8.49. The van der Waals surface area contributed by atoms with E-state index in [-0.39, 0.29) is 11.5 Å². The number of aliphatic hydroxyl groups excluding tert-OH is 1. The maximum absolute atomic E-state index is 10.5. The van der Waals surface area contributed by atoms with Crippen LogP contribution in [0.25, 0.3) is 0 Å². The molecule has 0 bridgehead atoms. The van der Waals surface area contributed by atoms with Crippen LogP contribution in [0, 0.1) is 5.41 Å². The number of nitrogens with zero attached hydrogens (tertiary/aromatic N) is 2. The zero-order valence-electron chi connectivity index (χ0n) is 12.5. The summed E-state index contributed by atoms with van der Waals surface area (Å²) in [5.41, 5.74) is 8.16. The van der Waals surface area contributed by atoms with Crippen LogP contribution < -0.4 is 5.73 Å². The number of aliphatic hydroxyl groups is 1. The number of aryl methyl sites for hydroxylation is 2. The zero-order valence-corrected chi connectivity index (χ0v) is 14.1. The second-order valence-electron chi connectivity index (χ2n) is 5.88. The van der Waals surface area contributed by atoms with Crippen molar-refractivity contribution in [3.05, 3.63) is 15.9 Å². The van der Waals surface area contributed by atoms with Gasteiger partial charge >= 0.3 is 0 Å². The Hall–Kier alpha value is -0.390. The third-order valence-corrected chi connectivity index (χ3v) is 5.64. The molecule has 2 atom stereocenters. The molecular formula is C15H26BrN3O. The van der Waals surface area contributed by atoms with Crippen LogP contribution in [-0.2, 0) is 19.4 Å².